The first-order valence-electron chi connectivity index (χ1n) is 2.81. The van der Waals surface area contributed by atoms with E-state index in [1.165, 1.54) is 13.2 Å². The number of nitrogens with zero attached hydrogens (tertiary/aromatic N) is 1. The molecule has 0 atom stereocenters. The van der Waals surface area contributed by atoms with Gasteiger partial charge < -0.3 is 9.26 Å². The molecular formula is C6H7NO3. The second-order valence-electron chi connectivity index (χ2n) is 1.77. The van der Waals surface area contributed by atoms with Crippen molar-refractivity contribution < 1.29 is 14.1 Å². The van der Waals surface area contributed by atoms with Crippen LogP contribution in [0.4, 0.5) is 0 Å². The highest BCUT2D eigenvalue weighted by molar-refractivity contribution is 5.65. The van der Waals surface area contributed by atoms with E-state index in [1.54, 1.807) is 6.07 Å². The van der Waals surface area contributed by atoms with Crippen LogP contribution in [0.25, 0.3) is 0 Å². The Balaban J connectivity index is 2.35. The third-order valence-electron chi connectivity index (χ3n) is 0.915. The molecule has 0 fully saturated rings. The van der Waals surface area contributed by atoms with Gasteiger partial charge in [-0.1, -0.05) is 5.16 Å². The first-order valence-corrected chi connectivity index (χ1v) is 2.81. The van der Waals surface area contributed by atoms with E-state index < -0.39 is 0 Å². The third-order valence-corrected chi connectivity index (χ3v) is 0.915. The van der Waals surface area contributed by atoms with Crippen LogP contribution in [0.3, 0.4) is 0 Å². The number of esters is 1. The van der Waals surface area contributed by atoms with E-state index in [2.05, 4.69) is 14.4 Å². The van der Waals surface area contributed by atoms with E-state index in [-0.39, 0.29) is 12.6 Å². The molecule has 0 radical (unpaired) electrons. The summed E-state index contributed by atoms with van der Waals surface area (Å²) in [6, 6.07) is 1.64. The van der Waals surface area contributed by atoms with Gasteiger partial charge in [0.1, 0.15) is 18.6 Å². The van der Waals surface area contributed by atoms with E-state index in [9.17, 15) is 4.79 Å². The third kappa shape index (κ3) is 1.89. The molecule has 0 N–H and O–H groups in total. The van der Waals surface area contributed by atoms with Crippen LogP contribution in [-0.4, -0.2) is 11.1 Å². The van der Waals surface area contributed by atoms with Gasteiger partial charge in [-0.05, 0) is 0 Å². The number of rotatable bonds is 2. The Labute approximate surface area is 57.8 Å². The Morgan fingerprint density at radius 2 is 2.70 bits per heavy atom. The van der Waals surface area contributed by atoms with E-state index >= 15 is 0 Å². The number of carbonyl (C=O) groups excluding carboxylic acids is 1. The molecule has 0 saturated heterocycles. The molecule has 0 saturated carbocycles. The SMILES string of the molecule is CC(=O)OCc1ccon1. The number of ether oxygens (including phenoxy) is 1. The van der Waals surface area contributed by atoms with Crippen molar-refractivity contribution in [3.05, 3.63) is 18.0 Å². The first-order chi connectivity index (χ1) is 4.79. The van der Waals surface area contributed by atoms with E-state index in [1.807, 2.05) is 0 Å². The number of aromatic nitrogens is 1. The standard InChI is InChI=1S/C6H7NO3/c1-5(8)9-4-6-2-3-10-7-6/h2-3H,4H2,1H3. The Kier molecular flexibility index (Phi) is 2.04. The average Bonchev–Trinajstić information content (AvgIpc) is 2.34. The van der Waals surface area contributed by atoms with Crippen molar-refractivity contribution in [2.45, 2.75) is 13.5 Å². The van der Waals surface area contributed by atoms with Gasteiger partial charge in [0.05, 0.1) is 0 Å². The van der Waals surface area contributed by atoms with Crippen LogP contribution in [0, 0.1) is 0 Å². The molecule has 1 aromatic rings. The minimum absolute atomic E-state index is 0.186. The Morgan fingerprint density at radius 3 is 3.20 bits per heavy atom. The van der Waals surface area contributed by atoms with Crippen LogP contribution >= 0.6 is 0 Å². The van der Waals surface area contributed by atoms with Crippen molar-refractivity contribution >= 4 is 5.97 Å². The summed E-state index contributed by atoms with van der Waals surface area (Å²) in [5.41, 5.74) is 0.621. The van der Waals surface area contributed by atoms with Gasteiger partial charge in [0.15, 0.2) is 0 Å². The molecule has 4 heteroatoms. The van der Waals surface area contributed by atoms with Crippen molar-refractivity contribution in [2.75, 3.05) is 0 Å². The van der Waals surface area contributed by atoms with Gasteiger partial charge in [-0.3, -0.25) is 4.79 Å². The van der Waals surface area contributed by atoms with E-state index in [4.69, 9.17) is 0 Å². The smallest absolute Gasteiger partial charge is 0.303 e. The molecule has 0 unspecified atom stereocenters. The van der Waals surface area contributed by atoms with Crippen molar-refractivity contribution in [1.82, 2.24) is 5.16 Å². The fourth-order valence-electron chi connectivity index (χ4n) is 0.488. The highest BCUT2D eigenvalue weighted by atomic mass is 16.5. The monoisotopic (exact) mass is 141 g/mol. The fourth-order valence-corrected chi connectivity index (χ4v) is 0.488. The molecule has 1 heterocycles. The zero-order valence-electron chi connectivity index (χ0n) is 5.53. The minimum atomic E-state index is -0.317. The highest BCUT2D eigenvalue weighted by Gasteiger charge is 1.97. The van der Waals surface area contributed by atoms with Gasteiger partial charge in [-0.15, -0.1) is 0 Å². The summed E-state index contributed by atoms with van der Waals surface area (Å²) in [5.74, 6) is -0.317. The van der Waals surface area contributed by atoms with Crippen LogP contribution in [0.1, 0.15) is 12.6 Å². The first kappa shape index (κ1) is 6.80. The van der Waals surface area contributed by atoms with Crippen molar-refractivity contribution in [2.24, 2.45) is 0 Å². The lowest BCUT2D eigenvalue weighted by Gasteiger charge is -1.94. The summed E-state index contributed by atoms with van der Waals surface area (Å²) in [6.07, 6.45) is 1.43. The Hall–Kier alpha value is -1.32. The molecule has 0 aliphatic carbocycles. The molecule has 0 amide bonds. The summed E-state index contributed by atoms with van der Waals surface area (Å²) in [5, 5.41) is 3.54. The maximum atomic E-state index is 10.3. The van der Waals surface area contributed by atoms with Crippen LogP contribution < -0.4 is 0 Å². The average molecular weight is 141 g/mol. The minimum Gasteiger partial charge on any atom is -0.459 e. The largest absolute Gasteiger partial charge is 0.459 e. The second-order valence-corrected chi connectivity index (χ2v) is 1.77. The summed E-state index contributed by atoms with van der Waals surface area (Å²) in [7, 11) is 0. The van der Waals surface area contributed by atoms with Crippen molar-refractivity contribution in [1.29, 1.82) is 0 Å². The Morgan fingerprint density at radius 1 is 1.90 bits per heavy atom. The lowest BCUT2D eigenvalue weighted by Crippen LogP contribution is -1.98. The van der Waals surface area contributed by atoms with Crippen molar-refractivity contribution in [3.63, 3.8) is 0 Å². The number of hydrogen-bond acceptors (Lipinski definition) is 4. The van der Waals surface area contributed by atoms with Crippen LogP contribution in [-0.2, 0) is 16.1 Å². The summed E-state index contributed by atoms with van der Waals surface area (Å²) in [6.45, 7) is 1.53. The van der Waals surface area contributed by atoms with E-state index in [0.717, 1.165) is 0 Å². The molecule has 0 aliphatic rings. The quantitative estimate of drug-likeness (QED) is 0.570. The lowest BCUT2D eigenvalue weighted by atomic mass is 10.5. The number of hydrogen-bond donors (Lipinski definition) is 0. The zero-order valence-corrected chi connectivity index (χ0v) is 5.53. The maximum absolute atomic E-state index is 10.3. The predicted octanol–water partition coefficient (Wildman–Crippen LogP) is 0.738. The second kappa shape index (κ2) is 3.00. The van der Waals surface area contributed by atoms with Gasteiger partial charge in [0, 0.05) is 13.0 Å². The normalized spacial score (nSPS) is 9.30. The molecule has 1 rings (SSSR count). The fraction of sp³-hybridized carbons (Fsp3) is 0.333. The van der Waals surface area contributed by atoms with Gasteiger partial charge in [-0.25, -0.2) is 0 Å². The summed E-state index contributed by atoms with van der Waals surface area (Å²) < 4.78 is 9.13. The zero-order chi connectivity index (χ0) is 7.40. The van der Waals surface area contributed by atoms with Crippen LogP contribution in [0.15, 0.2) is 16.9 Å². The van der Waals surface area contributed by atoms with Gasteiger partial charge in [0.25, 0.3) is 0 Å². The summed E-state index contributed by atoms with van der Waals surface area (Å²) >= 11 is 0. The van der Waals surface area contributed by atoms with Crippen LogP contribution in [0.2, 0.25) is 0 Å². The number of carbonyl (C=O) groups is 1. The molecule has 10 heavy (non-hydrogen) atoms. The highest BCUT2D eigenvalue weighted by Crippen LogP contribution is 1.96. The van der Waals surface area contributed by atoms with Gasteiger partial charge in [0.2, 0.25) is 0 Å². The van der Waals surface area contributed by atoms with Crippen molar-refractivity contribution in [3.8, 4) is 0 Å². The molecule has 0 bridgehead atoms. The molecule has 0 aliphatic heterocycles. The van der Waals surface area contributed by atoms with Gasteiger partial charge in [-0.2, -0.15) is 0 Å². The topological polar surface area (TPSA) is 52.3 Å². The molecule has 0 spiro atoms. The molecule has 1 aromatic heterocycles. The molecule has 54 valence electrons. The van der Waals surface area contributed by atoms with Gasteiger partial charge >= 0.3 is 5.97 Å². The molecule has 4 nitrogen and oxygen atoms in total. The van der Waals surface area contributed by atoms with E-state index in [0.29, 0.717) is 5.69 Å². The maximum Gasteiger partial charge on any atom is 0.303 e. The predicted molar refractivity (Wildman–Crippen MR) is 32.0 cm³/mol. The summed E-state index contributed by atoms with van der Waals surface area (Å²) in [4.78, 5) is 10.3. The molecular weight excluding hydrogens is 134 g/mol. The lowest BCUT2D eigenvalue weighted by molar-refractivity contribution is -0.142. The Bertz CT molecular complexity index is 205. The van der Waals surface area contributed by atoms with Crippen LogP contribution in [0.5, 0.6) is 0 Å². The molecule has 0 aromatic carbocycles.